The summed E-state index contributed by atoms with van der Waals surface area (Å²) >= 11 is 0. The number of ketones is 1. The molecule has 36 heavy (non-hydrogen) atoms. The van der Waals surface area contributed by atoms with Gasteiger partial charge in [0.25, 0.3) is 0 Å². The summed E-state index contributed by atoms with van der Waals surface area (Å²) in [5.41, 5.74) is -7.06. The minimum atomic E-state index is -1.97. The van der Waals surface area contributed by atoms with Gasteiger partial charge in [-0.05, 0) is 75.4 Å². The third-order valence-corrected chi connectivity index (χ3v) is 10.9. The van der Waals surface area contributed by atoms with Gasteiger partial charge in [0.2, 0.25) is 0 Å². The van der Waals surface area contributed by atoms with Crippen LogP contribution in [0.4, 0.5) is 0 Å². The van der Waals surface area contributed by atoms with E-state index in [1.54, 1.807) is 13.8 Å². The Morgan fingerprint density at radius 1 is 0.972 bits per heavy atom. The highest BCUT2D eigenvalue weighted by atomic mass is 16.3. The van der Waals surface area contributed by atoms with Crippen LogP contribution in [0.3, 0.4) is 0 Å². The molecule has 0 aromatic carbocycles. The van der Waals surface area contributed by atoms with E-state index in [9.17, 15) is 40.5 Å². The molecule has 206 valence electrons. The van der Waals surface area contributed by atoms with Crippen LogP contribution in [0, 0.1) is 28.6 Å². The van der Waals surface area contributed by atoms with Crippen molar-refractivity contribution in [2.45, 2.75) is 127 Å². The van der Waals surface area contributed by atoms with Crippen molar-refractivity contribution in [3.8, 4) is 0 Å². The number of aliphatic hydroxyl groups is 7. The van der Waals surface area contributed by atoms with Crippen LogP contribution in [0.1, 0.15) is 86.0 Å². The molecule has 0 bridgehead atoms. The molecule has 8 nitrogen and oxygen atoms in total. The van der Waals surface area contributed by atoms with Crippen LogP contribution in [-0.4, -0.2) is 82.7 Å². The lowest BCUT2D eigenvalue weighted by Gasteiger charge is -2.67. The monoisotopic (exact) mass is 510 g/mol. The maximum absolute atomic E-state index is 13.4. The van der Waals surface area contributed by atoms with Crippen molar-refractivity contribution in [1.82, 2.24) is 0 Å². The first-order valence-electron chi connectivity index (χ1n) is 13.6. The van der Waals surface area contributed by atoms with Gasteiger partial charge in [0.05, 0.1) is 35.6 Å². The molecule has 4 rings (SSSR count). The average Bonchev–Trinajstić information content (AvgIpc) is 2.75. The molecule has 0 aromatic rings. The van der Waals surface area contributed by atoms with E-state index >= 15 is 0 Å². The van der Waals surface area contributed by atoms with E-state index in [0.717, 1.165) is 6.42 Å². The Labute approximate surface area is 214 Å². The van der Waals surface area contributed by atoms with Crippen molar-refractivity contribution in [3.05, 3.63) is 11.6 Å². The SMILES string of the molecule is CC(C)CC[C@@H](O)[C@@](C)(O)[C@H]1CCC[C@@]2(O)C3=CC(=O)[C@]4(O)C[C@@H](O)[C@@H](O)C[C@]4(C)C3[C@H](O)C[C@]12C. The number of fused-ring (bicyclic) bond motifs is 5. The van der Waals surface area contributed by atoms with Gasteiger partial charge in [0.1, 0.15) is 5.60 Å². The maximum Gasteiger partial charge on any atom is 0.187 e. The van der Waals surface area contributed by atoms with Crippen molar-refractivity contribution in [3.63, 3.8) is 0 Å². The minimum Gasteiger partial charge on any atom is -0.392 e. The van der Waals surface area contributed by atoms with E-state index in [1.807, 2.05) is 6.92 Å². The summed E-state index contributed by atoms with van der Waals surface area (Å²) < 4.78 is 0. The second-order valence-corrected chi connectivity index (χ2v) is 13.5. The van der Waals surface area contributed by atoms with Crippen molar-refractivity contribution in [2.75, 3.05) is 0 Å². The minimum absolute atomic E-state index is 0.0989. The summed E-state index contributed by atoms with van der Waals surface area (Å²) in [6.07, 6.45) is -1.04. The summed E-state index contributed by atoms with van der Waals surface area (Å²) in [4.78, 5) is 13.4. The van der Waals surface area contributed by atoms with Crippen LogP contribution in [-0.2, 0) is 4.79 Å². The van der Waals surface area contributed by atoms with Crippen molar-refractivity contribution < 1.29 is 40.5 Å². The third kappa shape index (κ3) is 3.70. The molecule has 0 aromatic heterocycles. The molecule has 8 heteroatoms. The van der Waals surface area contributed by atoms with Gasteiger partial charge in [-0.3, -0.25) is 4.79 Å². The highest BCUT2D eigenvalue weighted by Gasteiger charge is 2.72. The highest BCUT2D eigenvalue weighted by molar-refractivity contribution is 6.00. The summed E-state index contributed by atoms with van der Waals surface area (Å²) in [6.45, 7) is 9.19. The first-order valence-corrected chi connectivity index (χ1v) is 13.6. The smallest absolute Gasteiger partial charge is 0.187 e. The largest absolute Gasteiger partial charge is 0.392 e. The Bertz CT molecular complexity index is 915. The van der Waals surface area contributed by atoms with E-state index in [-0.39, 0.29) is 19.3 Å². The van der Waals surface area contributed by atoms with Gasteiger partial charge in [-0.15, -0.1) is 0 Å². The van der Waals surface area contributed by atoms with Gasteiger partial charge in [-0.1, -0.05) is 27.7 Å². The Hall–Kier alpha value is -0.870. The quantitative estimate of drug-likeness (QED) is 0.291. The van der Waals surface area contributed by atoms with Gasteiger partial charge >= 0.3 is 0 Å². The molecule has 7 N–H and O–H groups in total. The van der Waals surface area contributed by atoms with Crippen LogP contribution in [0.15, 0.2) is 11.6 Å². The number of hydrogen-bond acceptors (Lipinski definition) is 8. The number of aliphatic hydroxyl groups excluding tert-OH is 4. The zero-order valence-corrected chi connectivity index (χ0v) is 22.3. The third-order valence-electron chi connectivity index (χ3n) is 10.9. The molecule has 3 saturated carbocycles. The van der Waals surface area contributed by atoms with Gasteiger partial charge in [-0.25, -0.2) is 0 Å². The lowest BCUT2D eigenvalue weighted by Crippen LogP contribution is -2.73. The second kappa shape index (κ2) is 8.83. The summed E-state index contributed by atoms with van der Waals surface area (Å²) in [5, 5.41) is 79.1. The molecule has 0 saturated heterocycles. The Balaban J connectivity index is 1.79. The fourth-order valence-electron chi connectivity index (χ4n) is 8.62. The van der Waals surface area contributed by atoms with Crippen molar-refractivity contribution >= 4 is 5.78 Å². The van der Waals surface area contributed by atoms with Crippen LogP contribution in [0.25, 0.3) is 0 Å². The molecular formula is C28H46O8. The predicted octanol–water partition coefficient (Wildman–Crippen LogP) is 1.21. The molecule has 0 radical (unpaired) electrons. The molecule has 4 aliphatic carbocycles. The number of carbonyl (C=O) groups is 1. The first kappa shape index (κ1) is 28.1. The molecule has 11 atom stereocenters. The molecule has 0 heterocycles. The summed E-state index contributed by atoms with van der Waals surface area (Å²) in [5.74, 6) is -1.65. The predicted molar refractivity (Wildman–Crippen MR) is 133 cm³/mol. The Kier molecular flexibility index (Phi) is 6.90. The van der Waals surface area contributed by atoms with Crippen molar-refractivity contribution in [2.24, 2.45) is 28.6 Å². The fourth-order valence-corrected chi connectivity index (χ4v) is 8.62. The molecule has 4 aliphatic rings. The standard InChI is InChI=1S/C28H46O8/c1-15(2)8-9-21(32)26(5,34)20-7-6-10-27(35)16-11-22(33)28(36)14-18(30)17(29)12-25(28,4)23(16)19(31)13-24(20,27)3/h11,15,17-21,23,29-32,34-36H,6-10,12-14H2,1-5H3/t17-,18+,19+,20-,21+,23?,24+,25+,26-,27+,28+/m0/s1. The molecular weight excluding hydrogens is 464 g/mol. The Morgan fingerprint density at radius 2 is 1.56 bits per heavy atom. The topological polar surface area (TPSA) is 159 Å². The van der Waals surface area contributed by atoms with Gasteiger partial charge in [-0.2, -0.15) is 0 Å². The molecule has 1 unspecified atom stereocenters. The second-order valence-electron chi connectivity index (χ2n) is 13.5. The van der Waals surface area contributed by atoms with Crippen LogP contribution < -0.4 is 0 Å². The normalized spacial score (nSPS) is 49.4. The van der Waals surface area contributed by atoms with E-state index in [1.165, 1.54) is 6.08 Å². The molecule has 0 spiro atoms. The highest BCUT2D eigenvalue weighted by Crippen LogP contribution is 2.67. The van der Waals surface area contributed by atoms with Gasteiger partial charge < -0.3 is 35.7 Å². The van der Waals surface area contributed by atoms with Crippen LogP contribution >= 0.6 is 0 Å². The molecule has 0 aliphatic heterocycles. The number of rotatable bonds is 5. The van der Waals surface area contributed by atoms with Gasteiger partial charge in [0, 0.05) is 23.2 Å². The van der Waals surface area contributed by atoms with Crippen LogP contribution in [0.5, 0.6) is 0 Å². The average molecular weight is 511 g/mol. The van der Waals surface area contributed by atoms with E-state index in [0.29, 0.717) is 37.2 Å². The van der Waals surface area contributed by atoms with E-state index in [2.05, 4.69) is 13.8 Å². The lowest BCUT2D eigenvalue weighted by atomic mass is 9.40. The zero-order chi connectivity index (χ0) is 27.1. The van der Waals surface area contributed by atoms with E-state index < -0.39 is 69.7 Å². The lowest BCUT2D eigenvalue weighted by molar-refractivity contribution is -0.251. The molecule has 0 amide bonds. The fraction of sp³-hybridized carbons (Fsp3) is 0.893. The van der Waals surface area contributed by atoms with E-state index in [4.69, 9.17) is 0 Å². The zero-order valence-electron chi connectivity index (χ0n) is 22.3. The van der Waals surface area contributed by atoms with Gasteiger partial charge in [0.15, 0.2) is 5.78 Å². The number of hydrogen-bond donors (Lipinski definition) is 7. The van der Waals surface area contributed by atoms with Crippen LogP contribution in [0.2, 0.25) is 0 Å². The van der Waals surface area contributed by atoms with Crippen molar-refractivity contribution in [1.29, 1.82) is 0 Å². The Morgan fingerprint density at radius 3 is 2.17 bits per heavy atom. The summed E-state index contributed by atoms with van der Waals surface area (Å²) in [7, 11) is 0. The summed E-state index contributed by atoms with van der Waals surface area (Å²) in [6, 6.07) is 0. The first-order chi connectivity index (χ1) is 16.5. The number of carbonyl (C=O) groups excluding carboxylic acids is 1. The molecule has 3 fully saturated rings. The maximum atomic E-state index is 13.4.